The lowest BCUT2D eigenvalue weighted by atomic mass is 9.88. The summed E-state index contributed by atoms with van der Waals surface area (Å²) >= 11 is 0. The third-order valence-electron chi connectivity index (χ3n) is 7.08. The van der Waals surface area contributed by atoms with Crippen LogP contribution in [-0.2, 0) is 17.6 Å². The number of hydrogen-bond acceptors (Lipinski definition) is 1. The first-order valence-electron chi connectivity index (χ1n) is 12.3. The quantitative estimate of drug-likeness (QED) is 0.371. The van der Waals surface area contributed by atoms with E-state index in [2.05, 4.69) is 0 Å². The Hall–Kier alpha value is -3.11. The molecule has 0 saturated carbocycles. The van der Waals surface area contributed by atoms with Crippen molar-refractivity contribution in [1.29, 1.82) is 0 Å². The maximum Gasteiger partial charge on any atom is 0.162 e. The molecule has 0 aromatic heterocycles. The van der Waals surface area contributed by atoms with Crippen molar-refractivity contribution in [3.05, 3.63) is 124 Å². The first-order valence-corrected chi connectivity index (χ1v) is 12.3. The van der Waals surface area contributed by atoms with Crippen LogP contribution >= 0.6 is 0 Å². The molecule has 0 N–H and O–H groups in total. The monoisotopic (exact) mass is 474 g/mol. The Morgan fingerprint density at radius 2 is 1.74 bits per heavy atom. The lowest BCUT2D eigenvalue weighted by Crippen LogP contribution is -2.08. The minimum Gasteiger partial charge on any atom is -0.372 e. The lowest BCUT2D eigenvalue weighted by Gasteiger charge is -2.18. The van der Waals surface area contributed by atoms with Crippen LogP contribution in [0.15, 0.2) is 90.3 Å². The van der Waals surface area contributed by atoms with Gasteiger partial charge in [0.2, 0.25) is 0 Å². The summed E-state index contributed by atoms with van der Waals surface area (Å²) in [7, 11) is 0. The Morgan fingerprint density at radius 1 is 0.943 bits per heavy atom. The second kappa shape index (κ2) is 10.2. The fraction of sp³-hybridized carbons (Fsp3) is 0.290. The number of aryl methyl sites for hydroxylation is 2. The molecule has 0 bridgehead atoms. The summed E-state index contributed by atoms with van der Waals surface area (Å²) in [5.74, 6) is -1.75. The molecule has 0 radical (unpaired) electrons. The highest BCUT2D eigenvalue weighted by molar-refractivity contribution is 5.78. The number of ether oxygens (including phenoxy) is 1. The average Bonchev–Trinajstić information content (AvgIpc) is 3.72. The summed E-state index contributed by atoms with van der Waals surface area (Å²) in [4.78, 5) is 0. The van der Waals surface area contributed by atoms with E-state index in [1.54, 1.807) is 18.2 Å². The predicted molar refractivity (Wildman–Crippen MR) is 135 cm³/mol. The van der Waals surface area contributed by atoms with Gasteiger partial charge in [-0.15, -0.1) is 0 Å². The summed E-state index contributed by atoms with van der Waals surface area (Å²) in [5, 5.41) is 0. The van der Waals surface area contributed by atoms with E-state index >= 15 is 0 Å². The Morgan fingerprint density at radius 3 is 2.40 bits per heavy atom. The lowest BCUT2D eigenvalue weighted by molar-refractivity contribution is 0.358. The van der Waals surface area contributed by atoms with Gasteiger partial charge in [-0.1, -0.05) is 72.9 Å². The molecular formula is C31H29F3O. The van der Waals surface area contributed by atoms with Crippen molar-refractivity contribution in [1.82, 2.24) is 0 Å². The molecule has 35 heavy (non-hydrogen) atoms. The molecule has 3 unspecified atom stereocenters. The van der Waals surface area contributed by atoms with Gasteiger partial charge in [0.05, 0.1) is 12.7 Å². The third kappa shape index (κ3) is 5.28. The van der Waals surface area contributed by atoms with Gasteiger partial charge in [0.15, 0.2) is 11.6 Å². The smallest absolute Gasteiger partial charge is 0.162 e. The van der Waals surface area contributed by atoms with E-state index in [-0.39, 0.29) is 23.8 Å². The molecule has 3 atom stereocenters. The normalized spacial score (nSPS) is 23.8. The van der Waals surface area contributed by atoms with E-state index in [0.29, 0.717) is 42.6 Å². The SMILES string of the molecule is C/C=C/C1=CCC(c2ccc(CCc3ccc(C4=CCC(C5CO5)C=C4F)cc3)c(F)c2F)C=C1. The van der Waals surface area contributed by atoms with Gasteiger partial charge < -0.3 is 4.74 Å². The van der Waals surface area contributed by atoms with Crippen molar-refractivity contribution < 1.29 is 17.9 Å². The molecule has 1 fully saturated rings. The van der Waals surface area contributed by atoms with Gasteiger partial charge in [-0.3, -0.25) is 0 Å². The van der Waals surface area contributed by atoms with E-state index in [0.717, 1.165) is 23.1 Å². The Kier molecular flexibility index (Phi) is 6.92. The topological polar surface area (TPSA) is 12.5 Å². The van der Waals surface area contributed by atoms with Crippen LogP contribution in [0, 0.1) is 17.6 Å². The summed E-state index contributed by atoms with van der Waals surface area (Å²) in [6.45, 7) is 2.67. The fourth-order valence-electron chi connectivity index (χ4n) is 4.91. The second-order valence-corrected chi connectivity index (χ2v) is 9.45. The van der Waals surface area contributed by atoms with E-state index in [1.807, 2.05) is 67.6 Å². The maximum atomic E-state index is 14.9. The van der Waals surface area contributed by atoms with Crippen LogP contribution in [0.4, 0.5) is 13.2 Å². The number of halogens is 3. The van der Waals surface area contributed by atoms with Crippen LogP contribution in [0.2, 0.25) is 0 Å². The van der Waals surface area contributed by atoms with Crippen molar-refractivity contribution in [2.75, 3.05) is 6.61 Å². The molecule has 2 aromatic carbocycles. The third-order valence-corrected chi connectivity index (χ3v) is 7.08. The predicted octanol–water partition coefficient (Wildman–Crippen LogP) is 7.95. The molecule has 4 heteroatoms. The van der Waals surface area contributed by atoms with E-state index in [9.17, 15) is 13.2 Å². The zero-order valence-corrected chi connectivity index (χ0v) is 19.8. The highest BCUT2D eigenvalue weighted by atomic mass is 19.2. The standard InChI is InChI=1S/C31H29F3O/c1-2-3-20-4-11-23(12-5-20)27-17-14-24(30(33)31(27)34)13-8-21-6-9-22(10-7-21)26-16-15-25(18-28(26)32)29-19-35-29/h2-7,9-11,14,16-18,23,25,29H,8,12-13,15,19H2,1H3/b3-2+. The van der Waals surface area contributed by atoms with Crippen LogP contribution in [0.3, 0.4) is 0 Å². The first kappa shape index (κ1) is 23.6. The van der Waals surface area contributed by atoms with Crippen LogP contribution < -0.4 is 0 Å². The summed E-state index contributed by atoms with van der Waals surface area (Å²) in [5.41, 5.74) is 4.29. The van der Waals surface area contributed by atoms with Gasteiger partial charge in [-0.25, -0.2) is 13.2 Å². The Bertz CT molecular complexity index is 1240. The van der Waals surface area contributed by atoms with Gasteiger partial charge in [-0.05, 0) is 66.5 Å². The molecule has 0 amide bonds. The van der Waals surface area contributed by atoms with Gasteiger partial charge in [-0.2, -0.15) is 0 Å². The fourth-order valence-corrected chi connectivity index (χ4v) is 4.91. The molecule has 180 valence electrons. The number of hydrogen-bond donors (Lipinski definition) is 0. The van der Waals surface area contributed by atoms with Crippen molar-refractivity contribution in [3.8, 4) is 0 Å². The highest BCUT2D eigenvalue weighted by Crippen LogP contribution is 2.36. The average molecular weight is 475 g/mol. The van der Waals surface area contributed by atoms with Gasteiger partial charge >= 0.3 is 0 Å². The molecule has 1 nitrogen and oxygen atoms in total. The van der Waals surface area contributed by atoms with Crippen LogP contribution in [0.1, 0.15) is 47.9 Å². The number of rotatable bonds is 7. The number of epoxide rings is 1. The summed E-state index contributed by atoms with van der Waals surface area (Å²) in [6, 6.07) is 11.1. The van der Waals surface area contributed by atoms with Crippen molar-refractivity contribution >= 4 is 5.57 Å². The number of benzene rings is 2. The molecule has 3 aliphatic rings. The Balaban J connectivity index is 1.22. The van der Waals surface area contributed by atoms with Crippen LogP contribution in [0.25, 0.3) is 5.57 Å². The summed E-state index contributed by atoms with van der Waals surface area (Å²) in [6.07, 6.45) is 16.1. The number of allylic oxidation sites excluding steroid dienone is 9. The van der Waals surface area contributed by atoms with Gasteiger partial charge in [0.25, 0.3) is 0 Å². The van der Waals surface area contributed by atoms with Gasteiger partial charge in [0.1, 0.15) is 5.83 Å². The van der Waals surface area contributed by atoms with E-state index < -0.39 is 11.6 Å². The van der Waals surface area contributed by atoms with Crippen LogP contribution in [-0.4, -0.2) is 12.7 Å². The molecule has 5 rings (SSSR count). The molecule has 2 aromatic rings. The summed E-state index contributed by atoms with van der Waals surface area (Å²) < 4.78 is 49.6. The van der Waals surface area contributed by atoms with Gasteiger partial charge in [0, 0.05) is 17.4 Å². The van der Waals surface area contributed by atoms with Crippen molar-refractivity contribution in [3.63, 3.8) is 0 Å². The Labute approximate surface area is 205 Å². The molecular weight excluding hydrogens is 445 g/mol. The first-order chi connectivity index (χ1) is 17.0. The zero-order chi connectivity index (χ0) is 24.4. The second-order valence-electron chi connectivity index (χ2n) is 9.45. The van der Waals surface area contributed by atoms with Crippen molar-refractivity contribution in [2.45, 2.75) is 44.6 Å². The molecule has 1 heterocycles. The van der Waals surface area contributed by atoms with Crippen LogP contribution in [0.5, 0.6) is 0 Å². The molecule has 0 spiro atoms. The molecule has 2 aliphatic carbocycles. The minimum atomic E-state index is -0.760. The van der Waals surface area contributed by atoms with Crippen molar-refractivity contribution in [2.24, 2.45) is 5.92 Å². The molecule has 1 aliphatic heterocycles. The molecule has 1 saturated heterocycles. The van der Waals surface area contributed by atoms with E-state index in [4.69, 9.17) is 4.74 Å². The highest BCUT2D eigenvalue weighted by Gasteiger charge is 2.33. The zero-order valence-electron chi connectivity index (χ0n) is 19.8. The maximum absolute atomic E-state index is 14.9. The van der Waals surface area contributed by atoms with E-state index in [1.165, 1.54) is 0 Å². The minimum absolute atomic E-state index is 0.126. The largest absolute Gasteiger partial charge is 0.372 e.